The predicted molar refractivity (Wildman–Crippen MR) is 115 cm³/mol. The minimum atomic E-state index is -0.592. The van der Waals surface area contributed by atoms with Gasteiger partial charge in [0.25, 0.3) is 5.91 Å². The molecule has 1 unspecified atom stereocenters. The van der Waals surface area contributed by atoms with E-state index in [1.807, 2.05) is 30.3 Å². The van der Waals surface area contributed by atoms with Crippen molar-refractivity contribution in [3.63, 3.8) is 0 Å². The first-order valence-corrected chi connectivity index (χ1v) is 9.92. The van der Waals surface area contributed by atoms with E-state index in [4.69, 9.17) is 21.1 Å². The Morgan fingerprint density at radius 2 is 1.84 bits per heavy atom. The molecule has 0 saturated carbocycles. The molecule has 6 nitrogen and oxygen atoms in total. The van der Waals surface area contributed by atoms with Crippen LogP contribution in [0.15, 0.2) is 66.7 Å². The Balaban J connectivity index is 1.61. The minimum absolute atomic E-state index is 0.186. The van der Waals surface area contributed by atoms with Gasteiger partial charge < -0.3 is 14.8 Å². The molecule has 1 atom stereocenters. The van der Waals surface area contributed by atoms with Gasteiger partial charge in [-0.15, -0.1) is 0 Å². The van der Waals surface area contributed by atoms with E-state index in [1.54, 1.807) is 18.2 Å². The number of amides is 1. The molecule has 3 aromatic carbocycles. The molecule has 156 valence electrons. The lowest BCUT2D eigenvalue weighted by Crippen LogP contribution is -2.23. The van der Waals surface area contributed by atoms with Crippen LogP contribution in [0.5, 0.6) is 0 Å². The van der Waals surface area contributed by atoms with Crippen molar-refractivity contribution in [3.05, 3.63) is 99.6 Å². The highest BCUT2D eigenvalue weighted by molar-refractivity contribution is 6.31. The molecule has 0 saturated heterocycles. The molecule has 1 aliphatic rings. The first kappa shape index (κ1) is 20.6. The molecule has 31 heavy (non-hydrogen) atoms. The molecular formula is C24H18ClNO5. The van der Waals surface area contributed by atoms with Crippen LogP contribution in [0, 0.1) is 0 Å². The van der Waals surface area contributed by atoms with Crippen LogP contribution in [-0.4, -0.2) is 25.0 Å². The van der Waals surface area contributed by atoms with Crippen LogP contribution in [0.1, 0.15) is 48.3 Å². The molecule has 0 fully saturated rings. The summed E-state index contributed by atoms with van der Waals surface area (Å²) in [6.45, 7) is 0. The Labute approximate surface area is 183 Å². The molecule has 0 aliphatic carbocycles. The van der Waals surface area contributed by atoms with Gasteiger partial charge in [0.05, 0.1) is 23.9 Å². The van der Waals surface area contributed by atoms with Crippen molar-refractivity contribution in [3.8, 4) is 0 Å². The van der Waals surface area contributed by atoms with Gasteiger partial charge in [-0.2, -0.15) is 0 Å². The predicted octanol–water partition coefficient (Wildman–Crippen LogP) is 4.83. The number of cyclic esters (lactones) is 1. The van der Waals surface area contributed by atoms with Gasteiger partial charge in [-0.1, -0.05) is 41.9 Å². The monoisotopic (exact) mass is 435 g/mol. The zero-order valence-corrected chi connectivity index (χ0v) is 17.3. The second kappa shape index (κ2) is 8.62. The molecule has 1 aliphatic heterocycles. The number of carbonyl (C=O) groups excluding carboxylic acids is 3. The quantitative estimate of drug-likeness (QED) is 0.593. The largest absolute Gasteiger partial charge is 0.465 e. The number of nitrogens with one attached hydrogen (secondary N) is 1. The van der Waals surface area contributed by atoms with E-state index in [-0.39, 0.29) is 11.3 Å². The van der Waals surface area contributed by atoms with E-state index in [2.05, 4.69) is 5.32 Å². The number of hydrogen-bond acceptors (Lipinski definition) is 5. The van der Waals surface area contributed by atoms with Crippen molar-refractivity contribution in [2.75, 3.05) is 12.4 Å². The van der Waals surface area contributed by atoms with Crippen LogP contribution in [0.2, 0.25) is 5.02 Å². The molecule has 1 amide bonds. The lowest BCUT2D eigenvalue weighted by atomic mass is 9.93. The molecule has 1 heterocycles. The molecule has 0 radical (unpaired) electrons. The van der Waals surface area contributed by atoms with E-state index in [1.165, 1.54) is 25.3 Å². The number of carbonyl (C=O) groups is 3. The van der Waals surface area contributed by atoms with Crippen LogP contribution < -0.4 is 5.32 Å². The molecule has 0 aromatic heterocycles. The molecule has 7 heteroatoms. The van der Waals surface area contributed by atoms with Crippen LogP contribution >= 0.6 is 11.6 Å². The molecular weight excluding hydrogens is 418 g/mol. The summed E-state index contributed by atoms with van der Waals surface area (Å²) in [5, 5.41) is 3.07. The van der Waals surface area contributed by atoms with Crippen LogP contribution in [-0.2, 0) is 15.9 Å². The minimum Gasteiger partial charge on any atom is -0.465 e. The topological polar surface area (TPSA) is 81.7 Å². The summed E-state index contributed by atoms with van der Waals surface area (Å²) in [6.07, 6.45) is 0.0370. The smallest absolute Gasteiger partial charge is 0.339 e. The number of ether oxygens (including phenoxy) is 2. The number of anilines is 1. The molecule has 1 N–H and O–H groups in total. The van der Waals surface area contributed by atoms with E-state index >= 15 is 0 Å². The van der Waals surface area contributed by atoms with Crippen molar-refractivity contribution in [2.24, 2.45) is 0 Å². The van der Waals surface area contributed by atoms with Gasteiger partial charge in [-0.3, -0.25) is 4.79 Å². The second-order valence-corrected chi connectivity index (χ2v) is 7.45. The van der Waals surface area contributed by atoms with E-state index in [9.17, 15) is 14.4 Å². The number of halogens is 1. The molecule has 4 rings (SSSR count). The molecule has 0 bridgehead atoms. The van der Waals surface area contributed by atoms with Gasteiger partial charge in [0.1, 0.15) is 6.10 Å². The first-order chi connectivity index (χ1) is 15.0. The fraction of sp³-hybridized carbons (Fsp3) is 0.125. The van der Waals surface area contributed by atoms with Crippen LogP contribution in [0.3, 0.4) is 0 Å². The van der Waals surface area contributed by atoms with Crippen molar-refractivity contribution >= 4 is 35.1 Å². The fourth-order valence-corrected chi connectivity index (χ4v) is 3.67. The van der Waals surface area contributed by atoms with Crippen LogP contribution in [0.4, 0.5) is 5.69 Å². The Morgan fingerprint density at radius 3 is 2.58 bits per heavy atom. The highest BCUT2D eigenvalue weighted by Gasteiger charge is 2.28. The van der Waals surface area contributed by atoms with Crippen molar-refractivity contribution in [1.29, 1.82) is 0 Å². The maximum absolute atomic E-state index is 12.9. The third-order valence-electron chi connectivity index (χ3n) is 5.05. The Morgan fingerprint density at radius 1 is 1.06 bits per heavy atom. The summed E-state index contributed by atoms with van der Waals surface area (Å²) < 4.78 is 10.3. The van der Waals surface area contributed by atoms with Crippen molar-refractivity contribution < 1.29 is 23.9 Å². The Kier molecular flexibility index (Phi) is 5.73. The molecule has 0 spiro atoms. The third-order valence-corrected chi connectivity index (χ3v) is 5.28. The lowest BCUT2D eigenvalue weighted by Gasteiger charge is -2.25. The number of rotatable bonds is 4. The number of methoxy groups -OCH3 is 1. The summed E-state index contributed by atoms with van der Waals surface area (Å²) in [5.41, 5.74) is 2.81. The standard InChI is InChI=1S/C24H18ClNO5/c1-30-23(28)19-10-8-17(25)13-20(19)26-22(27)15-7-9-18-16(11-15)12-21(31-24(18)29)14-5-3-2-4-6-14/h2-11,13,21H,12H2,1H3,(H,26,27). The van der Waals surface area contributed by atoms with Crippen molar-refractivity contribution in [2.45, 2.75) is 12.5 Å². The Bertz CT molecular complexity index is 1180. The summed E-state index contributed by atoms with van der Waals surface area (Å²) in [6, 6.07) is 18.7. The van der Waals surface area contributed by atoms with E-state index in [0.717, 1.165) is 11.1 Å². The van der Waals surface area contributed by atoms with Crippen molar-refractivity contribution in [1.82, 2.24) is 0 Å². The van der Waals surface area contributed by atoms with E-state index in [0.29, 0.717) is 22.6 Å². The van der Waals surface area contributed by atoms with E-state index < -0.39 is 23.9 Å². The highest BCUT2D eigenvalue weighted by atomic mass is 35.5. The maximum atomic E-state index is 12.9. The van der Waals surface area contributed by atoms with Gasteiger partial charge in [0, 0.05) is 17.0 Å². The summed E-state index contributed by atoms with van der Waals surface area (Å²) in [4.78, 5) is 37.3. The second-order valence-electron chi connectivity index (χ2n) is 7.02. The zero-order valence-electron chi connectivity index (χ0n) is 16.6. The number of esters is 2. The zero-order chi connectivity index (χ0) is 22.0. The summed E-state index contributed by atoms with van der Waals surface area (Å²) in [5.74, 6) is -1.46. The van der Waals surface area contributed by atoms with Gasteiger partial charge in [0.2, 0.25) is 0 Å². The first-order valence-electron chi connectivity index (χ1n) is 9.54. The number of hydrogen-bond donors (Lipinski definition) is 1. The Hall–Kier alpha value is -3.64. The maximum Gasteiger partial charge on any atom is 0.339 e. The number of benzene rings is 3. The molecule has 3 aromatic rings. The SMILES string of the molecule is COC(=O)c1ccc(Cl)cc1NC(=O)c1ccc2c(c1)CC(c1ccccc1)OC2=O. The van der Waals surface area contributed by atoms with Crippen LogP contribution in [0.25, 0.3) is 0 Å². The number of fused-ring (bicyclic) bond motifs is 1. The highest BCUT2D eigenvalue weighted by Crippen LogP contribution is 2.31. The van der Waals surface area contributed by atoms with Gasteiger partial charge in [-0.05, 0) is 47.5 Å². The van der Waals surface area contributed by atoms with Gasteiger partial charge in [-0.25, -0.2) is 9.59 Å². The average molecular weight is 436 g/mol. The fourth-order valence-electron chi connectivity index (χ4n) is 3.49. The normalized spacial score (nSPS) is 14.9. The summed E-state index contributed by atoms with van der Waals surface area (Å²) in [7, 11) is 1.26. The average Bonchev–Trinajstić information content (AvgIpc) is 2.79. The van der Waals surface area contributed by atoms with Gasteiger partial charge >= 0.3 is 11.9 Å². The third kappa shape index (κ3) is 4.29. The van der Waals surface area contributed by atoms with Gasteiger partial charge in [0.15, 0.2) is 0 Å². The lowest BCUT2D eigenvalue weighted by molar-refractivity contribution is 0.0252. The summed E-state index contributed by atoms with van der Waals surface area (Å²) >= 11 is 6.02.